The Labute approximate surface area is 123 Å². The van der Waals surface area contributed by atoms with E-state index in [1.165, 1.54) is 18.2 Å². The molecular weight excluding hydrogens is 324 g/mol. The molecule has 0 aliphatic rings. The Bertz CT molecular complexity index is 686. The number of carbonyl (C=O) groups excluding carboxylic acids is 1. The molecule has 1 aromatic heterocycles. The number of amides is 1. The predicted molar refractivity (Wildman–Crippen MR) is 78.0 cm³/mol. The van der Waals surface area contributed by atoms with Crippen molar-refractivity contribution in [1.82, 2.24) is 4.98 Å². The number of pyridine rings is 1. The topological polar surface area (TPSA) is 79.3 Å². The molecule has 2 rings (SSSR count). The van der Waals surface area contributed by atoms with Crippen LogP contribution in [-0.4, -0.2) is 22.0 Å². The number of benzene rings is 1. The van der Waals surface area contributed by atoms with Gasteiger partial charge in [0.25, 0.3) is 5.91 Å². The van der Waals surface area contributed by atoms with Crippen LogP contribution in [-0.2, 0) is 0 Å². The molecule has 0 fully saturated rings. The van der Waals surface area contributed by atoms with Gasteiger partial charge in [0.2, 0.25) is 0 Å². The maximum absolute atomic E-state index is 12.1. The van der Waals surface area contributed by atoms with Gasteiger partial charge in [-0.1, -0.05) is 18.2 Å². The van der Waals surface area contributed by atoms with Crippen LogP contribution in [0.5, 0.6) is 0 Å². The molecule has 0 aliphatic carbocycles. The van der Waals surface area contributed by atoms with Crippen LogP contribution in [0.4, 0.5) is 5.82 Å². The van der Waals surface area contributed by atoms with Gasteiger partial charge >= 0.3 is 5.97 Å². The average molecular weight is 335 g/mol. The second kappa shape index (κ2) is 5.83. The second-order valence-electron chi connectivity index (χ2n) is 4.10. The van der Waals surface area contributed by atoms with Crippen molar-refractivity contribution in [3.8, 4) is 0 Å². The lowest BCUT2D eigenvalue weighted by Crippen LogP contribution is -2.15. The zero-order valence-corrected chi connectivity index (χ0v) is 12.1. The van der Waals surface area contributed by atoms with E-state index < -0.39 is 5.97 Å². The number of carboxylic acid groups (broad SMARTS) is 1. The lowest BCUT2D eigenvalue weighted by atomic mass is 10.1. The van der Waals surface area contributed by atoms with Crippen LogP contribution in [0.1, 0.15) is 26.4 Å². The van der Waals surface area contributed by atoms with Crippen LogP contribution in [0.15, 0.2) is 40.9 Å². The molecule has 1 aromatic carbocycles. The highest BCUT2D eigenvalue weighted by Crippen LogP contribution is 2.21. The third-order valence-corrected chi connectivity index (χ3v) is 3.70. The maximum atomic E-state index is 12.1. The van der Waals surface area contributed by atoms with Crippen molar-refractivity contribution >= 4 is 33.6 Å². The summed E-state index contributed by atoms with van der Waals surface area (Å²) in [5, 5.41) is 11.4. The fourth-order valence-corrected chi connectivity index (χ4v) is 2.07. The molecule has 1 heterocycles. The number of carboxylic acids is 1. The first-order valence-electron chi connectivity index (χ1n) is 5.76. The van der Waals surface area contributed by atoms with Crippen molar-refractivity contribution in [3.05, 3.63) is 57.7 Å². The number of nitrogens with zero attached hydrogens (tertiary/aromatic N) is 1. The number of aromatic carboxylic acids is 1. The van der Waals surface area contributed by atoms with Crippen LogP contribution in [0.3, 0.4) is 0 Å². The number of aromatic nitrogens is 1. The number of hydrogen-bond donors (Lipinski definition) is 2. The summed E-state index contributed by atoms with van der Waals surface area (Å²) < 4.78 is 0.701. The van der Waals surface area contributed by atoms with Crippen LogP contribution in [0, 0.1) is 6.92 Å². The van der Waals surface area contributed by atoms with E-state index in [-0.39, 0.29) is 17.4 Å². The molecule has 20 heavy (non-hydrogen) atoms. The number of hydrogen-bond acceptors (Lipinski definition) is 3. The highest BCUT2D eigenvalue weighted by molar-refractivity contribution is 9.10. The molecule has 0 atom stereocenters. The molecule has 0 saturated carbocycles. The predicted octanol–water partition coefficient (Wildman–Crippen LogP) is 3.10. The van der Waals surface area contributed by atoms with Crippen molar-refractivity contribution in [3.63, 3.8) is 0 Å². The summed E-state index contributed by atoms with van der Waals surface area (Å²) in [5.74, 6) is -1.29. The number of carbonyl (C=O) groups is 2. The summed E-state index contributed by atoms with van der Waals surface area (Å²) in [6, 6.07) is 9.75. The van der Waals surface area contributed by atoms with Gasteiger partial charge < -0.3 is 10.4 Å². The Morgan fingerprint density at radius 2 is 1.90 bits per heavy atom. The molecule has 0 radical (unpaired) electrons. The lowest BCUT2D eigenvalue weighted by molar-refractivity contribution is 0.0690. The molecular formula is C14H11BrN2O3. The third kappa shape index (κ3) is 3.03. The summed E-state index contributed by atoms with van der Waals surface area (Å²) in [5.41, 5.74) is 1.28. The largest absolute Gasteiger partial charge is 0.477 e. The quantitative estimate of drug-likeness (QED) is 0.903. The van der Waals surface area contributed by atoms with Crippen LogP contribution < -0.4 is 5.32 Å². The van der Waals surface area contributed by atoms with Crippen molar-refractivity contribution in [2.24, 2.45) is 0 Å². The zero-order chi connectivity index (χ0) is 14.7. The summed E-state index contributed by atoms with van der Waals surface area (Å²) in [4.78, 5) is 26.8. The van der Waals surface area contributed by atoms with Gasteiger partial charge in [-0.3, -0.25) is 4.79 Å². The van der Waals surface area contributed by atoms with E-state index in [1.807, 2.05) is 13.0 Å². The first-order valence-corrected chi connectivity index (χ1v) is 6.55. The van der Waals surface area contributed by atoms with Gasteiger partial charge in [0, 0.05) is 4.47 Å². The average Bonchev–Trinajstić information content (AvgIpc) is 2.42. The minimum atomic E-state index is -1.14. The number of aryl methyl sites for hydroxylation is 1. The first kappa shape index (κ1) is 14.2. The summed E-state index contributed by atoms with van der Waals surface area (Å²) in [6.45, 7) is 1.88. The van der Waals surface area contributed by atoms with Gasteiger partial charge in [0.1, 0.15) is 5.82 Å². The molecule has 5 nitrogen and oxygen atoms in total. The summed E-state index contributed by atoms with van der Waals surface area (Å²) in [6.07, 6.45) is 0. The SMILES string of the molecule is Cc1cccc(C(=O)Nc2cccc(C(=O)O)n2)c1Br. The first-order chi connectivity index (χ1) is 9.49. The Morgan fingerprint density at radius 1 is 1.20 bits per heavy atom. The number of nitrogens with one attached hydrogen (secondary N) is 1. The standard InChI is InChI=1S/C14H11BrN2O3/c1-8-4-2-5-9(12(8)15)13(18)17-11-7-3-6-10(16-11)14(19)20/h2-7H,1H3,(H,19,20)(H,16,17,18). The van der Waals surface area contributed by atoms with Gasteiger partial charge in [-0.15, -0.1) is 0 Å². The normalized spacial score (nSPS) is 10.1. The highest BCUT2D eigenvalue weighted by atomic mass is 79.9. The number of rotatable bonds is 3. The number of anilines is 1. The maximum Gasteiger partial charge on any atom is 0.354 e. The molecule has 2 aromatic rings. The summed E-state index contributed by atoms with van der Waals surface area (Å²) >= 11 is 3.36. The van der Waals surface area contributed by atoms with Gasteiger partial charge in [-0.2, -0.15) is 0 Å². The second-order valence-corrected chi connectivity index (χ2v) is 4.90. The van der Waals surface area contributed by atoms with E-state index >= 15 is 0 Å². The summed E-state index contributed by atoms with van der Waals surface area (Å²) in [7, 11) is 0. The van der Waals surface area contributed by atoms with Gasteiger partial charge in [0.15, 0.2) is 5.69 Å². The molecule has 6 heteroatoms. The van der Waals surface area contributed by atoms with E-state index in [0.717, 1.165) is 5.56 Å². The van der Waals surface area contributed by atoms with Crippen molar-refractivity contribution in [2.45, 2.75) is 6.92 Å². The number of halogens is 1. The smallest absolute Gasteiger partial charge is 0.354 e. The lowest BCUT2D eigenvalue weighted by Gasteiger charge is -2.08. The van der Waals surface area contributed by atoms with E-state index in [2.05, 4.69) is 26.2 Å². The Balaban J connectivity index is 2.26. The molecule has 0 saturated heterocycles. The van der Waals surface area contributed by atoms with Crippen LogP contribution >= 0.6 is 15.9 Å². The van der Waals surface area contributed by atoms with Crippen LogP contribution in [0.25, 0.3) is 0 Å². The molecule has 1 amide bonds. The van der Waals surface area contributed by atoms with E-state index in [1.54, 1.807) is 12.1 Å². The fourth-order valence-electron chi connectivity index (χ4n) is 1.63. The van der Waals surface area contributed by atoms with Crippen molar-refractivity contribution < 1.29 is 14.7 Å². The van der Waals surface area contributed by atoms with Crippen LogP contribution in [0.2, 0.25) is 0 Å². The van der Waals surface area contributed by atoms with Crippen molar-refractivity contribution in [1.29, 1.82) is 0 Å². The molecule has 0 aliphatic heterocycles. The Kier molecular flexibility index (Phi) is 4.14. The van der Waals surface area contributed by atoms with E-state index in [4.69, 9.17) is 5.11 Å². The molecule has 0 spiro atoms. The monoisotopic (exact) mass is 334 g/mol. The fraction of sp³-hybridized carbons (Fsp3) is 0.0714. The van der Waals surface area contributed by atoms with E-state index in [0.29, 0.717) is 10.0 Å². The Morgan fingerprint density at radius 3 is 2.60 bits per heavy atom. The molecule has 2 N–H and O–H groups in total. The highest BCUT2D eigenvalue weighted by Gasteiger charge is 2.13. The van der Waals surface area contributed by atoms with Gasteiger partial charge in [-0.25, -0.2) is 9.78 Å². The third-order valence-electron chi connectivity index (χ3n) is 2.65. The van der Waals surface area contributed by atoms with Gasteiger partial charge in [0.05, 0.1) is 5.56 Å². The van der Waals surface area contributed by atoms with Crippen molar-refractivity contribution in [2.75, 3.05) is 5.32 Å². The Hall–Kier alpha value is -2.21. The minimum Gasteiger partial charge on any atom is -0.477 e. The minimum absolute atomic E-state index is 0.119. The van der Waals surface area contributed by atoms with Gasteiger partial charge in [-0.05, 0) is 46.6 Å². The van der Waals surface area contributed by atoms with E-state index in [9.17, 15) is 9.59 Å². The molecule has 0 unspecified atom stereocenters. The molecule has 0 bridgehead atoms. The molecule has 102 valence electrons. The zero-order valence-electron chi connectivity index (χ0n) is 10.6.